The minimum atomic E-state index is -0.219. The molecule has 1 amide bonds. The Bertz CT molecular complexity index is 348. The second kappa shape index (κ2) is 4.11. The average Bonchev–Trinajstić information content (AvgIpc) is 2.08. The fourth-order valence-electron chi connectivity index (χ4n) is 1.12. The summed E-state index contributed by atoms with van der Waals surface area (Å²) in [5.74, 6) is -0.122. The number of benzene rings is 1. The topological polar surface area (TPSA) is 52.6 Å². The number of amides is 1. The Labute approximate surface area is 83.1 Å². The van der Waals surface area contributed by atoms with E-state index < -0.39 is 0 Å². The van der Waals surface area contributed by atoms with Gasteiger partial charge in [0.05, 0.1) is 0 Å². The number of nitrogens with zero attached hydrogens (tertiary/aromatic N) is 1. The first-order valence-electron chi connectivity index (χ1n) is 4.28. The molecule has 0 aliphatic heterocycles. The van der Waals surface area contributed by atoms with E-state index in [0.717, 1.165) is 5.56 Å². The highest BCUT2D eigenvalue weighted by atomic mass is 16.3. The van der Waals surface area contributed by atoms with E-state index in [-0.39, 0.29) is 11.7 Å². The summed E-state index contributed by atoms with van der Waals surface area (Å²) >= 11 is 0. The highest BCUT2D eigenvalue weighted by molar-refractivity contribution is 5.95. The summed E-state index contributed by atoms with van der Waals surface area (Å²) in [5.41, 5.74) is 3.93. The first-order chi connectivity index (χ1) is 6.50. The molecule has 0 saturated heterocycles. The van der Waals surface area contributed by atoms with Gasteiger partial charge in [0.1, 0.15) is 5.75 Å². The van der Waals surface area contributed by atoms with E-state index in [1.807, 2.05) is 6.92 Å². The predicted molar refractivity (Wildman–Crippen MR) is 54.0 cm³/mol. The molecule has 0 aliphatic rings. The van der Waals surface area contributed by atoms with Crippen molar-refractivity contribution < 1.29 is 9.90 Å². The summed E-state index contributed by atoms with van der Waals surface area (Å²) in [7, 11) is 3.46. The summed E-state index contributed by atoms with van der Waals surface area (Å²) in [6.45, 7) is 1.82. The van der Waals surface area contributed by atoms with Gasteiger partial charge in [0.2, 0.25) is 0 Å². The Morgan fingerprint density at radius 2 is 2.07 bits per heavy atom. The molecule has 0 bridgehead atoms. The van der Waals surface area contributed by atoms with Crippen LogP contribution in [0.5, 0.6) is 5.75 Å². The van der Waals surface area contributed by atoms with Crippen LogP contribution in [0.3, 0.4) is 0 Å². The van der Waals surface area contributed by atoms with E-state index in [4.69, 9.17) is 0 Å². The number of phenols is 1. The lowest BCUT2D eigenvalue weighted by atomic mass is 10.1. The third kappa shape index (κ3) is 2.47. The van der Waals surface area contributed by atoms with E-state index in [9.17, 15) is 9.90 Å². The lowest BCUT2D eigenvalue weighted by molar-refractivity contribution is 0.0856. The summed E-state index contributed by atoms with van der Waals surface area (Å²) in [4.78, 5) is 11.6. The molecule has 1 aromatic rings. The van der Waals surface area contributed by atoms with Crippen LogP contribution in [-0.2, 0) is 0 Å². The molecule has 14 heavy (non-hydrogen) atoms. The molecule has 4 nitrogen and oxygen atoms in total. The predicted octanol–water partition coefficient (Wildman–Crippen LogP) is 0.907. The Kier molecular flexibility index (Phi) is 3.09. The standard InChI is InChI=1S/C10H14N2O2/c1-7-4-5-8(13)6-9(7)10(14)11-12(2)3/h4-6,13H,1-3H3,(H,11,14). The van der Waals surface area contributed by atoms with Crippen molar-refractivity contribution in [1.82, 2.24) is 10.4 Å². The molecule has 0 saturated carbocycles. The maximum atomic E-state index is 11.6. The molecule has 4 heteroatoms. The minimum absolute atomic E-state index is 0.0968. The molecule has 0 fully saturated rings. The number of aryl methyl sites for hydroxylation is 1. The molecule has 2 N–H and O–H groups in total. The fourth-order valence-corrected chi connectivity index (χ4v) is 1.12. The Morgan fingerprint density at radius 3 is 2.64 bits per heavy atom. The van der Waals surface area contributed by atoms with Crippen LogP contribution < -0.4 is 5.43 Å². The van der Waals surface area contributed by atoms with Gasteiger partial charge in [-0.2, -0.15) is 0 Å². The largest absolute Gasteiger partial charge is 0.508 e. The van der Waals surface area contributed by atoms with Gasteiger partial charge in [-0.3, -0.25) is 10.2 Å². The summed E-state index contributed by atoms with van der Waals surface area (Å²) < 4.78 is 0. The van der Waals surface area contributed by atoms with Crippen LogP contribution in [-0.4, -0.2) is 30.1 Å². The highest BCUT2D eigenvalue weighted by Crippen LogP contribution is 2.15. The maximum Gasteiger partial charge on any atom is 0.265 e. The Morgan fingerprint density at radius 1 is 1.43 bits per heavy atom. The number of carbonyl (C=O) groups excluding carboxylic acids is 1. The molecule has 0 aliphatic carbocycles. The van der Waals surface area contributed by atoms with Crippen molar-refractivity contribution >= 4 is 5.91 Å². The molecule has 0 spiro atoms. The molecule has 1 aromatic carbocycles. The SMILES string of the molecule is Cc1ccc(O)cc1C(=O)NN(C)C. The van der Waals surface area contributed by atoms with E-state index in [1.165, 1.54) is 6.07 Å². The van der Waals surface area contributed by atoms with Gasteiger partial charge in [-0.1, -0.05) is 6.07 Å². The van der Waals surface area contributed by atoms with E-state index in [0.29, 0.717) is 5.56 Å². The third-order valence-electron chi connectivity index (χ3n) is 1.79. The molecule has 0 heterocycles. The highest BCUT2D eigenvalue weighted by Gasteiger charge is 2.09. The number of phenolic OH excluding ortho intramolecular Hbond substituents is 1. The summed E-state index contributed by atoms with van der Waals surface area (Å²) in [5, 5.41) is 10.8. The first-order valence-corrected chi connectivity index (χ1v) is 4.28. The van der Waals surface area contributed by atoms with Crippen LogP contribution in [0.15, 0.2) is 18.2 Å². The van der Waals surface area contributed by atoms with Crippen LogP contribution in [0, 0.1) is 6.92 Å². The number of hydrazine groups is 1. The molecular formula is C10H14N2O2. The smallest absolute Gasteiger partial charge is 0.265 e. The quantitative estimate of drug-likeness (QED) is 0.688. The van der Waals surface area contributed by atoms with Gasteiger partial charge >= 0.3 is 0 Å². The van der Waals surface area contributed by atoms with Gasteiger partial charge in [-0.05, 0) is 24.6 Å². The second-order valence-corrected chi connectivity index (χ2v) is 3.33. The Balaban J connectivity index is 2.94. The lowest BCUT2D eigenvalue weighted by Crippen LogP contribution is -2.36. The summed E-state index contributed by atoms with van der Waals surface area (Å²) in [6.07, 6.45) is 0. The monoisotopic (exact) mass is 194 g/mol. The van der Waals surface area contributed by atoms with E-state index in [1.54, 1.807) is 31.2 Å². The van der Waals surface area contributed by atoms with Crippen LogP contribution >= 0.6 is 0 Å². The normalized spacial score (nSPS) is 10.3. The molecule has 76 valence electrons. The number of carbonyl (C=O) groups is 1. The lowest BCUT2D eigenvalue weighted by Gasteiger charge is -2.13. The van der Waals surface area contributed by atoms with Crippen molar-refractivity contribution in [3.63, 3.8) is 0 Å². The van der Waals surface area contributed by atoms with Gasteiger partial charge in [-0.25, -0.2) is 5.01 Å². The molecule has 0 aromatic heterocycles. The second-order valence-electron chi connectivity index (χ2n) is 3.33. The number of nitrogens with one attached hydrogen (secondary N) is 1. The molecule has 0 atom stereocenters. The zero-order chi connectivity index (χ0) is 10.7. The zero-order valence-electron chi connectivity index (χ0n) is 8.53. The van der Waals surface area contributed by atoms with Crippen molar-refractivity contribution in [2.75, 3.05) is 14.1 Å². The van der Waals surface area contributed by atoms with Crippen LogP contribution in [0.25, 0.3) is 0 Å². The third-order valence-corrected chi connectivity index (χ3v) is 1.79. The maximum absolute atomic E-state index is 11.6. The minimum Gasteiger partial charge on any atom is -0.508 e. The van der Waals surface area contributed by atoms with Crippen molar-refractivity contribution in [3.05, 3.63) is 29.3 Å². The van der Waals surface area contributed by atoms with Crippen LogP contribution in [0.1, 0.15) is 15.9 Å². The van der Waals surface area contributed by atoms with Crippen LogP contribution in [0.2, 0.25) is 0 Å². The van der Waals surface area contributed by atoms with Crippen molar-refractivity contribution in [2.24, 2.45) is 0 Å². The Hall–Kier alpha value is -1.55. The molecule has 0 radical (unpaired) electrons. The van der Waals surface area contributed by atoms with Gasteiger partial charge < -0.3 is 5.11 Å². The molecular weight excluding hydrogens is 180 g/mol. The number of rotatable bonds is 2. The van der Waals surface area contributed by atoms with Crippen LogP contribution in [0.4, 0.5) is 0 Å². The number of hydrogen-bond donors (Lipinski definition) is 2. The van der Waals surface area contributed by atoms with Crippen molar-refractivity contribution in [1.29, 1.82) is 0 Å². The van der Waals surface area contributed by atoms with Crippen molar-refractivity contribution in [2.45, 2.75) is 6.92 Å². The van der Waals surface area contributed by atoms with E-state index >= 15 is 0 Å². The first kappa shape index (κ1) is 10.5. The molecule has 0 unspecified atom stereocenters. The molecule has 1 rings (SSSR count). The fraction of sp³-hybridized carbons (Fsp3) is 0.300. The number of hydrogen-bond acceptors (Lipinski definition) is 3. The van der Waals surface area contributed by atoms with Gasteiger partial charge in [0.25, 0.3) is 5.91 Å². The van der Waals surface area contributed by atoms with Gasteiger partial charge in [0.15, 0.2) is 0 Å². The van der Waals surface area contributed by atoms with E-state index in [2.05, 4.69) is 5.43 Å². The average molecular weight is 194 g/mol. The zero-order valence-corrected chi connectivity index (χ0v) is 8.53. The number of aromatic hydroxyl groups is 1. The van der Waals surface area contributed by atoms with Crippen molar-refractivity contribution in [3.8, 4) is 5.75 Å². The summed E-state index contributed by atoms with van der Waals surface area (Å²) in [6, 6.07) is 4.72. The van der Waals surface area contributed by atoms with Gasteiger partial charge in [0, 0.05) is 19.7 Å². The van der Waals surface area contributed by atoms with Gasteiger partial charge in [-0.15, -0.1) is 0 Å².